The molecule has 1 N–H and O–H groups in total. The number of hydrogen-bond acceptors (Lipinski definition) is 4. The number of halogens is 1. The Labute approximate surface area is 114 Å². The van der Waals surface area contributed by atoms with Crippen LogP contribution in [0.5, 0.6) is 0 Å². The summed E-state index contributed by atoms with van der Waals surface area (Å²) in [6.45, 7) is 0. The SMILES string of the molecule is CSc1ncc(C(=O)Nc2ccccc2)c(Cl)n1. The van der Waals surface area contributed by atoms with Gasteiger partial charge in [0.15, 0.2) is 5.16 Å². The fourth-order valence-electron chi connectivity index (χ4n) is 1.32. The highest BCUT2D eigenvalue weighted by atomic mass is 35.5. The van der Waals surface area contributed by atoms with Crippen LogP contribution in [0.2, 0.25) is 5.15 Å². The average Bonchev–Trinajstić information content (AvgIpc) is 2.39. The number of carbonyl (C=O) groups is 1. The van der Waals surface area contributed by atoms with Gasteiger partial charge in [-0.15, -0.1) is 0 Å². The number of hydrogen-bond donors (Lipinski definition) is 1. The van der Waals surface area contributed by atoms with E-state index in [9.17, 15) is 4.79 Å². The van der Waals surface area contributed by atoms with E-state index in [-0.39, 0.29) is 16.6 Å². The first-order valence-electron chi connectivity index (χ1n) is 5.13. The molecule has 0 bridgehead atoms. The number of benzene rings is 1. The van der Waals surface area contributed by atoms with Gasteiger partial charge in [-0.1, -0.05) is 41.6 Å². The van der Waals surface area contributed by atoms with E-state index in [1.165, 1.54) is 18.0 Å². The van der Waals surface area contributed by atoms with Gasteiger partial charge in [-0.3, -0.25) is 4.79 Å². The molecule has 0 unspecified atom stereocenters. The molecule has 1 heterocycles. The molecule has 2 rings (SSSR count). The Balaban J connectivity index is 2.19. The molecule has 0 atom stereocenters. The average molecular weight is 280 g/mol. The maximum absolute atomic E-state index is 12.0. The van der Waals surface area contributed by atoms with E-state index in [4.69, 9.17) is 11.6 Å². The maximum atomic E-state index is 12.0. The lowest BCUT2D eigenvalue weighted by Crippen LogP contribution is -2.13. The third-order valence-corrected chi connectivity index (χ3v) is 3.03. The Morgan fingerprint density at radius 1 is 1.33 bits per heavy atom. The zero-order valence-corrected chi connectivity index (χ0v) is 11.1. The van der Waals surface area contributed by atoms with Gasteiger partial charge in [0.2, 0.25) is 0 Å². The van der Waals surface area contributed by atoms with E-state index in [1.807, 2.05) is 24.5 Å². The second kappa shape index (κ2) is 5.84. The van der Waals surface area contributed by atoms with E-state index >= 15 is 0 Å². The molecular formula is C12H10ClN3OS. The van der Waals surface area contributed by atoms with Crippen LogP contribution in [-0.4, -0.2) is 22.1 Å². The second-order valence-corrected chi connectivity index (χ2v) is 4.51. The summed E-state index contributed by atoms with van der Waals surface area (Å²) < 4.78 is 0. The number of para-hydroxylation sites is 1. The largest absolute Gasteiger partial charge is 0.322 e. The van der Waals surface area contributed by atoms with Gasteiger partial charge in [0.25, 0.3) is 5.91 Å². The molecule has 1 aromatic heterocycles. The molecule has 0 aliphatic rings. The number of carbonyl (C=O) groups excluding carboxylic acids is 1. The molecule has 92 valence electrons. The summed E-state index contributed by atoms with van der Waals surface area (Å²) in [5, 5.41) is 3.42. The van der Waals surface area contributed by atoms with Crippen molar-refractivity contribution >= 4 is 35.0 Å². The Morgan fingerprint density at radius 3 is 2.67 bits per heavy atom. The first-order chi connectivity index (χ1) is 8.70. The first-order valence-corrected chi connectivity index (χ1v) is 6.74. The number of nitrogens with one attached hydrogen (secondary N) is 1. The minimum atomic E-state index is -0.321. The summed E-state index contributed by atoms with van der Waals surface area (Å²) in [6, 6.07) is 9.14. The van der Waals surface area contributed by atoms with Gasteiger partial charge in [-0.2, -0.15) is 0 Å². The van der Waals surface area contributed by atoms with Gasteiger partial charge < -0.3 is 5.32 Å². The quantitative estimate of drug-likeness (QED) is 0.533. The molecule has 6 heteroatoms. The van der Waals surface area contributed by atoms with Crippen molar-refractivity contribution in [2.75, 3.05) is 11.6 Å². The fraction of sp³-hybridized carbons (Fsp3) is 0.0833. The van der Waals surface area contributed by atoms with Crippen LogP contribution >= 0.6 is 23.4 Å². The monoisotopic (exact) mass is 279 g/mol. The van der Waals surface area contributed by atoms with Crippen molar-refractivity contribution in [2.45, 2.75) is 5.16 Å². The second-order valence-electron chi connectivity index (χ2n) is 3.38. The third-order valence-electron chi connectivity index (χ3n) is 2.18. The van der Waals surface area contributed by atoms with Crippen LogP contribution in [0.3, 0.4) is 0 Å². The van der Waals surface area contributed by atoms with E-state index in [2.05, 4.69) is 15.3 Å². The molecule has 0 spiro atoms. The van der Waals surface area contributed by atoms with Crippen LogP contribution in [0.1, 0.15) is 10.4 Å². The molecular weight excluding hydrogens is 270 g/mol. The normalized spacial score (nSPS) is 10.1. The minimum absolute atomic E-state index is 0.155. The highest BCUT2D eigenvalue weighted by molar-refractivity contribution is 7.98. The lowest BCUT2D eigenvalue weighted by molar-refractivity contribution is 0.102. The van der Waals surface area contributed by atoms with Gasteiger partial charge >= 0.3 is 0 Å². The van der Waals surface area contributed by atoms with Crippen LogP contribution in [0.4, 0.5) is 5.69 Å². The highest BCUT2D eigenvalue weighted by Crippen LogP contribution is 2.18. The number of thioether (sulfide) groups is 1. The van der Waals surface area contributed by atoms with Crippen LogP contribution in [0.15, 0.2) is 41.7 Å². The summed E-state index contributed by atoms with van der Waals surface area (Å²) in [5.41, 5.74) is 0.964. The predicted molar refractivity (Wildman–Crippen MR) is 73.2 cm³/mol. The molecule has 0 saturated heterocycles. The molecule has 0 aliphatic carbocycles. The summed E-state index contributed by atoms with van der Waals surface area (Å²) >= 11 is 7.31. The maximum Gasteiger partial charge on any atom is 0.260 e. The lowest BCUT2D eigenvalue weighted by atomic mass is 10.3. The molecule has 2 aromatic rings. The van der Waals surface area contributed by atoms with E-state index < -0.39 is 0 Å². The van der Waals surface area contributed by atoms with Gasteiger partial charge in [0, 0.05) is 11.9 Å². The van der Waals surface area contributed by atoms with Crippen molar-refractivity contribution in [3.8, 4) is 0 Å². The van der Waals surface area contributed by atoms with Crippen LogP contribution < -0.4 is 5.32 Å². The minimum Gasteiger partial charge on any atom is -0.322 e. The Morgan fingerprint density at radius 2 is 2.06 bits per heavy atom. The fourth-order valence-corrected chi connectivity index (χ4v) is 1.92. The molecule has 1 amide bonds. The van der Waals surface area contributed by atoms with E-state index in [1.54, 1.807) is 12.1 Å². The smallest absolute Gasteiger partial charge is 0.260 e. The number of anilines is 1. The van der Waals surface area contributed by atoms with Crippen molar-refractivity contribution in [1.29, 1.82) is 0 Å². The molecule has 0 radical (unpaired) electrons. The molecule has 0 aliphatic heterocycles. The number of rotatable bonds is 3. The van der Waals surface area contributed by atoms with Gasteiger partial charge in [0.05, 0.1) is 5.56 Å². The van der Waals surface area contributed by atoms with Crippen molar-refractivity contribution in [3.63, 3.8) is 0 Å². The van der Waals surface area contributed by atoms with Gasteiger partial charge in [0.1, 0.15) is 5.15 Å². The zero-order chi connectivity index (χ0) is 13.0. The Hall–Kier alpha value is -1.59. The summed E-state index contributed by atoms with van der Waals surface area (Å²) in [6.07, 6.45) is 3.27. The van der Waals surface area contributed by atoms with Crippen molar-refractivity contribution < 1.29 is 4.79 Å². The Kier molecular flexibility index (Phi) is 4.17. The highest BCUT2D eigenvalue weighted by Gasteiger charge is 2.13. The number of aromatic nitrogens is 2. The zero-order valence-electron chi connectivity index (χ0n) is 9.55. The van der Waals surface area contributed by atoms with Crippen molar-refractivity contribution in [3.05, 3.63) is 47.2 Å². The summed E-state index contributed by atoms with van der Waals surface area (Å²) in [5.74, 6) is -0.321. The lowest BCUT2D eigenvalue weighted by Gasteiger charge is -2.06. The van der Waals surface area contributed by atoms with Crippen LogP contribution in [-0.2, 0) is 0 Å². The van der Waals surface area contributed by atoms with Gasteiger partial charge in [-0.05, 0) is 18.4 Å². The van der Waals surface area contributed by atoms with Crippen LogP contribution in [0, 0.1) is 0 Å². The molecule has 0 saturated carbocycles. The van der Waals surface area contributed by atoms with Crippen molar-refractivity contribution in [1.82, 2.24) is 9.97 Å². The number of amides is 1. The van der Waals surface area contributed by atoms with Crippen molar-refractivity contribution in [2.24, 2.45) is 0 Å². The molecule has 18 heavy (non-hydrogen) atoms. The molecule has 4 nitrogen and oxygen atoms in total. The number of nitrogens with zero attached hydrogens (tertiary/aromatic N) is 2. The van der Waals surface area contributed by atoms with Gasteiger partial charge in [-0.25, -0.2) is 9.97 Å². The standard InChI is InChI=1S/C12H10ClN3OS/c1-18-12-14-7-9(10(13)16-12)11(17)15-8-5-3-2-4-6-8/h2-7H,1H3,(H,15,17). The third kappa shape index (κ3) is 3.00. The Bertz CT molecular complexity index is 563. The summed E-state index contributed by atoms with van der Waals surface area (Å²) in [4.78, 5) is 20.0. The topological polar surface area (TPSA) is 54.9 Å². The first kappa shape index (κ1) is 12.9. The predicted octanol–water partition coefficient (Wildman–Crippen LogP) is 3.10. The van der Waals surface area contributed by atoms with Crippen LogP contribution in [0.25, 0.3) is 0 Å². The summed E-state index contributed by atoms with van der Waals surface area (Å²) in [7, 11) is 0. The van der Waals surface area contributed by atoms with E-state index in [0.717, 1.165) is 0 Å². The molecule has 0 fully saturated rings. The molecule has 1 aromatic carbocycles. The van der Waals surface area contributed by atoms with E-state index in [0.29, 0.717) is 10.8 Å².